The number of allylic oxidation sites excluding steroid dienone is 5. The van der Waals surface area contributed by atoms with E-state index in [0.717, 1.165) is 17.3 Å². The van der Waals surface area contributed by atoms with E-state index in [0.29, 0.717) is 5.92 Å². The number of hydrogen-bond acceptors (Lipinski definition) is 0. The fraction of sp³-hybridized carbons (Fsp3) is 0.238. The number of benzene rings is 2. The summed E-state index contributed by atoms with van der Waals surface area (Å²) in [7, 11) is 0. The van der Waals surface area contributed by atoms with Gasteiger partial charge in [-0.15, -0.1) is 0 Å². The fourth-order valence-corrected chi connectivity index (χ4v) is 4.21. The van der Waals surface area contributed by atoms with Crippen molar-refractivity contribution in [3.8, 4) is 0 Å². The largest absolute Gasteiger partial charge is 0.0805 e. The molecule has 0 amide bonds. The Bertz CT molecular complexity index is 865. The zero-order valence-corrected chi connectivity index (χ0v) is 14.6. The van der Waals surface area contributed by atoms with Gasteiger partial charge in [0.1, 0.15) is 0 Å². The lowest BCUT2D eigenvalue weighted by atomic mass is 9.87. The predicted octanol–water partition coefficient (Wildman–Crippen LogP) is 6.69. The van der Waals surface area contributed by atoms with Gasteiger partial charge in [-0.25, -0.2) is 0 Å². The van der Waals surface area contributed by atoms with Crippen molar-refractivity contribution in [3.05, 3.63) is 74.8 Å². The van der Waals surface area contributed by atoms with Crippen LogP contribution in [0.2, 0.25) is 0 Å². The molecule has 0 bridgehead atoms. The van der Waals surface area contributed by atoms with Crippen LogP contribution in [-0.2, 0) is 0 Å². The highest BCUT2D eigenvalue weighted by Crippen LogP contribution is 2.44. The lowest BCUT2D eigenvalue weighted by Crippen LogP contribution is -2.00. The van der Waals surface area contributed by atoms with Gasteiger partial charge in [-0.05, 0) is 72.4 Å². The number of hydrogen-bond donors (Lipinski definition) is 0. The summed E-state index contributed by atoms with van der Waals surface area (Å²) in [4.78, 5) is 0. The van der Waals surface area contributed by atoms with Crippen LogP contribution in [0.25, 0.3) is 16.8 Å². The third-order valence-electron chi connectivity index (χ3n) is 5.06. The Kier molecular flexibility index (Phi) is 3.34. The zero-order valence-electron chi connectivity index (χ0n) is 13.0. The third-order valence-corrected chi connectivity index (χ3v) is 5.55. The van der Waals surface area contributed by atoms with Crippen LogP contribution >= 0.6 is 15.9 Å². The molecule has 2 aliphatic carbocycles. The fourth-order valence-electron chi connectivity index (χ4n) is 3.83. The highest BCUT2D eigenvalue weighted by molar-refractivity contribution is 9.10. The van der Waals surface area contributed by atoms with Gasteiger partial charge in [0.05, 0.1) is 0 Å². The molecule has 0 fully saturated rings. The molecule has 0 aromatic heterocycles. The first-order chi connectivity index (χ1) is 10.6. The van der Waals surface area contributed by atoms with E-state index in [2.05, 4.69) is 78.3 Å². The molecule has 0 spiro atoms. The van der Waals surface area contributed by atoms with Gasteiger partial charge in [0.25, 0.3) is 0 Å². The van der Waals surface area contributed by atoms with Crippen LogP contribution in [0.4, 0.5) is 0 Å². The van der Waals surface area contributed by atoms with Gasteiger partial charge in [-0.2, -0.15) is 0 Å². The lowest BCUT2D eigenvalue weighted by molar-refractivity contribution is 0.785. The second-order valence-corrected chi connectivity index (χ2v) is 7.39. The Labute approximate surface area is 140 Å². The van der Waals surface area contributed by atoms with E-state index in [4.69, 9.17) is 0 Å². The quantitative estimate of drug-likeness (QED) is 0.566. The van der Waals surface area contributed by atoms with Crippen LogP contribution in [0.3, 0.4) is 0 Å². The van der Waals surface area contributed by atoms with E-state index in [1.807, 2.05) is 0 Å². The van der Waals surface area contributed by atoms with Gasteiger partial charge in [-0.1, -0.05) is 57.4 Å². The van der Waals surface area contributed by atoms with Gasteiger partial charge in [-0.3, -0.25) is 0 Å². The first-order valence-corrected chi connectivity index (χ1v) is 8.68. The maximum absolute atomic E-state index is 3.61. The van der Waals surface area contributed by atoms with Crippen molar-refractivity contribution < 1.29 is 0 Å². The Morgan fingerprint density at radius 2 is 2.05 bits per heavy atom. The number of rotatable bonds is 2. The molecule has 0 N–H and O–H groups in total. The van der Waals surface area contributed by atoms with E-state index in [-0.39, 0.29) is 0 Å². The molecule has 4 rings (SSSR count). The molecular formula is C21H19Br. The summed E-state index contributed by atoms with van der Waals surface area (Å²) in [6, 6.07) is 9.02. The predicted molar refractivity (Wildman–Crippen MR) is 99.2 cm³/mol. The number of halogens is 1. The van der Waals surface area contributed by atoms with Crippen LogP contribution in [0.1, 0.15) is 42.4 Å². The second kappa shape index (κ2) is 5.24. The zero-order chi connectivity index (χ0) is 15.3. The molecular weight excluding hydrogens is 332 g/mol. The van der Waals surface area contributed by atoms with Crippen molar-refractivity contribution in [1.29, 1.82) is 0 Å². The highest BCUT2D eigenvalue weighted by atomic mass is 79.9. The van der Waals surface area contributed by atoms with Crippen LogP contribution in [0.5, 0.6) is 0 Å². The van der Waals surface area contributed by atoms with Gasteiger partial charge in [0.2, 0.25) is 0 Å². The van der Waals surface area contributed by atoms with Crippen molar-refractivity contribution in [2.45, 2.75) is 32.6 Å². The van der Waals surface area contributed by atoms with Crippen molar-refractivity contribution in [1.82, 2.24) is 0 Å². The van der Waals surface area contributed by atoms with Crippen molar-refractivity contribution in [2.75, 3.05) is 0 Å². The minimum atomic E-state index is 0.545. The van der Waals surface area contributed by atoms with Gasteiger partial charge >= 0.3 is 0 Å². The molecule has 0 heterocycles. The molecule has 0 aliphatic heterocycles. The van der Waals surface area contributed by atoms with E-state index in [1.54, 1.807) is 5.57 Å². The van der Waals surface area contributed by atoms with Crippen molar-refractivity contribution in [2.24, 2.45) is 0 Å². The van der Waals surface area contributed by atoms with E-state index in [9.17, 15) is 0 Å². The summed E-state index contributed by atoms with van der Waals surface area (Å²) in [6.07, 6.45) is 11.4. The second-order valence-electron chi connectivity index (χ2n) is 6.47. The maximum Gasteiger partial charge on any atom is 0.0181 e. The summed E-state index contributed by atoms with van der Waals surface area (Å²) in [5.74, 6) is 0.545. The maximum atomic E-state index is 3.61. The Hall–Kier alpha value is -1.60. The topological polar surface area (TPSA) is 0 Å². The molecule has 0 saturated heterocycles. The third kappa shape index (κ3) is 2.19. The molecule has 22 heavy (non-hydrogen) atoms. The van der Waals surface area contributed by atoms with Crippen LogP contribution in [-0.4, -0.2) is 0 Å². The molecule has 0 nitrogen and oxygen atoms in total. The highest BCUT2D eigenvalue weighted by Gasteiger charge is 2.25. The summed E-state index contributed by atoms with van der Waals surface area (Å²) < 4.78 is 1.15. The number of aryl methyl sites for hydroxylation is 1. The summed E-state index contributed by atoms with van der Waals surface area (Å²) in [6.45, 7) is 4.55. The molecule has 110 valence electrons. The first-order valence-electron chi connectivity index (χ1n) is 7.89. The van der Waals surface area contributed by atoms with Gasteiger partial charge in [0.15, 0.2) is 0 Å². The van der Waals surface area contributed by atoms with Crippen LogP contribution in [0.15, 0.2) is 58.1 Å². The van der Waals surface area contributed by atoms with E-state index < -0.39 is 0 Å². The smallest absolute Gasteiger partial charge is 0.0181 e. The molecule has 1 unspecified atom stereocenters. The van der Waals surface area contributed by atoms with Crippen LogP contribution in [0, 0.1) is 6.92 Å². The van der Waals surface area contributed by atoms with E-state index in [1.165, 1.54) is 33.0 Å². The lowest BCUT2D eigenvalue weighted by Gasteiger charge is -2.17. The monoisotopic (exact) mass is 350 g/mol. The summed E-state index contributed by atoms with van der Waals surface area (Å²) >= 11 is 3.61. The first kappa shape index (κ1) is 14.0. The standard InChI is InChI=1S/C21H19Br/c1-13-9-20-14(2)18-8-7-17(22)11-16(18)12-21(20)19(13)10-15-5-3-4-6-15/h3-5,7-9,11-12,19H,6,10H2,1-2H3. The SMILES string of the molecule is CC1=Cc2c(cc3cc(Br)ccc3c2C)C1CC1=CC=CC1. The average Bonchev–Trinajstić information content (AvgIpc) is 3.10. The average molecular weight is 351 g/mol. The molecule has 1 heteroatoms. The van der Waals surface area contributed by atoms with Crippen molar-refractivity contribution in [3.63, 3.8) is 0 Å². The Balaban J connectivity index is 1.84. The van der Waals surface area contributed by atoms with Crippen LogP contribution < -0.4 is 0 Å². The molecule has 2 aromatic carbocycles. The normalized spacial score (nSPS) is 19.5. The minimum absolute atomic E-state index is 0.545. The minimum Gasteiger partial charge on any atom is -0.0805 e. The molecule has 0 saturated carbocycles. The molecule has 0 radical (unpaired) electrons. The molecule has 2 aliphatic rings. The van der Waals surface area contributed by atoms with Gasteiger partial charge in [0, 0.05) is 10.4 Å². The molecule has 2 aromatic rings. The molecule has 1 atom stereocenters. The summed E-state index contributed by atoms with van der Waals surface area (Å²) in [5, 5.41) is 2.71. The van der Waals surface area contributed by atoms with Gasteiger partial charge < -0.3 is 0 Å². The Morgan fingerprint density at radius 3 is 2.82 bits per heavy atom. The van der Waals surface area contributed by atoms with Crippen molar-refractivity contribution >= 4 is 32.8 Å². The Morgan fingerprint density at radius 1 is 1.18 bits per heavy atom. The number of fused-ring (bicyclic) bond motifs is 2. The van der Waals surface area contributed by atoms with E-state index >= 15 is 0 Å². The summed E-state index contributed by atoms with van der Waals surface area (Å²) in [5.41, 5.74) is 7.43.